The second-order valence-corrected chi connectivity index (χ2v) is 11.3. The first-order chi connectivity index (χ1) is 17.0. The van der Waals surface area contributed by atoms with Gasteiger partial charge in [-0.1, -0.05) is 42.5 Å². The van der Waals surface area contributed by atoms with Crippen molar-refractivity contribution in [2.24, 2.45) is 0 Å². The molecule has 0 fully saturated rings. The van der Waals surface area contributed by atoms with Gasteiger partial charge in [-0.15, -0.1) is 11.8 Å². The molecule has 0 saturated carbocycles. The number of para-hydroxylation sites is 2. The van der Waals surface area contributed by atoms with E-state index < -0.39 is 10.0 Å². The lowest BCUT2D eigenvalue weighted by molar-refractivity contribution is -0.119. The predicted octanol–water partition coefficient (Wildman–Crippen LogP) is 5.05. The normalized spacial score (nSPS) is 11.1. The van der Waals surface area contributed by atoms with Gasteiger partial charge in [-0.05, 0) is 55.1 Å². The fourth-order valence-electron chi connectivity index (χ4n) is 3.33. The Balaban J connectivity index is 1.73. The molecule has 0 aliphatic rings. The number of amides is 1. The molecule has 9 heteroatoms. The van der Waals surface area contributed by atoms with Gasteiger partial charge >= 0.3 is 0 Å². The fourth-order valence-corrected chi connectivity index (χ4v) is 5.99. The molecule has 0 aliphatic heterocycles. The zero-order valence-electron chi connectivity index (χ0n) is 19.8. The van der Waals surface area contributed by atoms with Crippen LogP contribution < -0.4 is 14.4 Å². The Bertz CT molecular complexity index is 1190. The van der Waals surface area contributed by atoms with Crippen molar-refractivity contribution < 1.29 is 17.9 Å². The molecule has 3 aromatic rings. The zero-order valence-corrected chi connectivity index (χ0v) is 22.3. The van der Waals surface area contributed by atoms with Crippen LogP contribution in [0.25, 0.3) is 0 Å². The summed E-state index contributed by atoms with van der Waals surface area (Å²) in [5.74, 6) is 1.61. The number of sulfonamides is 1. The number of ether oxygens (including phenoxy) is 1. The first kappa shape index (κ1) is 27.0. The van der Waals surface area contributed by atoms with Crippen LogP contribution in [0.2, 0.25) is 0 Å². The highest BCUT2D eigenvalue weighted by Crippen LogP contribution is 2.32. The van der Waals surface area contributed by atoms with E-state index in [2.05, 4.69) is 17.4 Å². The second kappa shape index (κ2) is 13.5. The lowest BCUT2D eigenvalue weighted by Crippen LogP contribution is -2.41. The van der Waals surface area contributed by atoms with E-state index in [1.54, 1.807) is 60.3 Å². The lowest BCUT2D eigenvalue weighted by Gasteiger charge is -2.26. The fraction of sp³-hybridized carbons (Fsp3) is 0.269. The summed E-state index contributed by atoms with van der Waals surface area (Å²) in [6.45, 7) is 2.30. The molecule has 0 radical (unpaired) electrons. The Hall–Kier alpha value is -2.62. The number of thioether (sulfide) groups is 2. The monoisotopic (exact) mass is 530 g/mol. The first-order valence-electron chi connectivity index (χ1n) is 11.2. The average molecular weight is 531 g/mol. The topological polar surface area (TPSA) is 75.7 Å². The van der Waals surface area contributed by atoms with E-state index in [-0.39, 0.29) is 17.3 Å². The van der Waals surface area contributed by atoms with Gasteiger partial charge in [0.15, 0.2) is 0 Å². The van der Waals surface area contributed by atoms with E-state index in [1.807, 2.05) is 31.4 Å². The van der Waals surface area contributed by atoms with Crippen LogP contribution in [0.5, 0.6) is 5.75 Å². The van der Waals surface area contributed by atoms with Gasteiger partial charge in [0.1, 0.15) is 12.3 Å². The highest BCUT2D eigenvalue weighted by molar-refractivity contribution is 7.98. The summed E-state index contributed by atoms with van der Waals surface area (Å²) in [5.41, 5.74) is 1.55. The molecule has 0 saturated heterocycles. The summed E-state index contributed by atoms with van der Waals surface area (Å²) in [7, 11) is -4.01. The van der Waals surface area contributed by atoms with Gasteiger partial charge in [-0.2, -0.15) is 11.8 Å². The van der Waals surface area contributed by atoms with Crippen LogP contribution in [-0.2, 0) is 20.6 Å². The number of hydrogen-bond acceptors (Lipinski definition) is 6. The van der Waals surface area contributed by atoms with Crippen molar-refractivity contribution in [3.63, 3.8) is 0 Å². The van der Waals surface area contributed by atoms with E-state index in [1.165, 1.54) is 17.3 Å². The van der Waals surface area contributed by atoms with Crippen LogP contribution in [0.4, 0.5) is 5.69 Å². The number of nitrogens with zero attached hydrogens (tertiary/aromatic N) is 1. The molecule has 0 unspecified atom stereocenters. The third-order valence-corrected chi connectivity index (χ3v) is 8.60. The molecule has 0 aromatic heterocycles. The van der Waals surface area contributed by atoms with Crippen molar-refractivity contribution >= 4 is 45.1 Å². The number of hydrogen-bond donors (Lipinski definition) is 1. The van der Waals surface area contributed by atoms with Gasteiger partial charge in [0, 0.05) is 22.9 Å². The molecule has 0 atom stereocenters. The Kier molecular flexibility index (Phi) is 10.4. The molecule has 3 aromatic carbocycles. The number of rotatable bonds is 13. The number of benzene rings is 3. The molecule has 1 amide bonds. The number of nitrogens with one attached hydrogen (secondary N) is 1. The average Bonchev–Trinajstić information content (AvgIpc) is 2.88. The van der Waals surface area contributed by atoms with Crippen molar-refractivity contribution in [2.45, 2.75) is 22.5 Å². The first-order valence-corrected chi connectivity index (χ1v) is 15.0. The van der Waals surface area contributed by atoms with Gasteiger partial charge < -0.3 is 10.1 Å². The Morgan fingerprint density at radius 1 is 0.971 bits per heavy atom. The maximum atomic E-state index is 13.6. The molecular weight excluding hydrogens is 500 g/mol. The Morgan fingerprint density at radius 3 is 2.34 bits per heavy atom. The standard InChI is InChI=1S/C26H30N2O4S3/c1-3-32-25-12-8-7-11-24(25)28(35(30,31)23-15-13-22(33-2)14-16-23)19-26(29)27-17-18-34-20-21-9-5-4-6-10-21/h4-16H,3,17-20H2,1-2H3,(H,27,29). The maximum Gasteiger partial charge on any atom is 0.264 e. The Labute approximate surface area is 216 Å². The molecule has 0 bridgehead atoms. The Morgan fingerprint density at radius 2 is 1.66 bits per heavy atom. The molecule has 0 heterocycles. The quantitative estimate of drug-likeness (QED) is 0.246. The molecule has 1 N–H and O–H groups in total. The molecule has 35 heavy (non-hydrogen) atoms. The minimum atomic E-state index is -4.01. The molecule has 186 valence electrons. The van der Waals surface area contributed by atoms with Gasteiger partial charge in [-0.3, -0.25) is 9.10 Å². The molecule has 0 aliphatic carbocycles. The predicted molar refractivity (Wildman–Crippen MR) is 146 cm³/mol. The smallest absolute Gasteiger partial charge is 0.264 e. The lowest BCUT2D eigenvalue weighted by atomic mass is 10.2. The third-order valence-electron chi connectivity index (χ3n) is 5.05. The van der Waals surface area contributed by atoms with E-state index in [0.29, 0.717) is 24.6 Å². The number of carbonyl (C=O) groups is 1. The van der Waals surface area contributed by atoms with Crippen molar-refractivity contribution in [2.75, 3.05) is 36.0 Å². The van der Waals surface area contributed by atoms with E-state index in [9.17, 15) is 13.2 Å². The third kappa shape index (κ3) is 7.68. The summed E-state index contributed by atoms with van der Waals surface area (Å²) >= 11 is 3.24. The summed E-state index contributed by atoms with van der Waals surface area (Å²) in [6, 6.07) is 23.6. The molecule has 3 rings (SSSR count). The minimum Gasteiger partial charge on any atom is -0.492 e. The van der Waals surface area contributed by atoms with Crippen molar-refractivity contribution in [3.05, 3.63) is 84.4 Å². The van der Waals surface area contributed by atoms with Crippen LogP contribution in [0.1, 0.15) is 12.5 Å². The van der Waals surface area contributed by atoms with Gasteiger partial charge in [-0.25, -0.2) is 8.42 Å². The van der Waals surface area contributed by atoms with Crippen molar-refractivity contribution in [1.29, 1.82) is 0 Å². The SMILES string of the molecule is CCOc1ccccc1N(CC(=O)NCCSCc1ccccc1)S(=O)(=O)c1ccc(SC)cc1. The molecule has 6 nitrogen and oxygen atoms in total. The summed E-state index contributed by atoms with van der Waals surface area (Å²) in [6.07, 6.45) is 1.93. The van der Waals surface area contributed by atoms with E-state index in [0.717, 1.165) is 20.7 Å². The van der Waals surface area contributed by atoms with E-state index >= 15 is 0 Å². The summed E-state index contributed by atoms with van der Waals surface area (Å²) in [4.78, 5) is 13.9. The highest BCUT2D eigenvalue weighted by atomic mass is 32.2. The highest BCUT2D eigenvalue weighted by Gasteiger charge is 2.29. The van der Waals surface area contributed by atoms with E-state index in [4.69, 9.17) is 4.74 Å². The molecule has 0 spiro atoms. The second-order valence-electron chi connectivity index (χ2n) is 7.48. The van der Waals surface area contributed by atoms with Crippen LogP contribution >= 0.6 is 23.5 Å². The van der Waals surface area contributed by atoms with Crippen LogP contribution in [0.3, 0.4) is 0 Å². The summed E-state index contributed by atoms with van der Waals surface area (Å²) < 4.78 is 34.1. The van der Waals surface area contributed by atoms with Crippen molar-refractivity contribution in [3.8, 4) is 5.75 Å². The maximum absolute atomic E-state index is 13.6. The van der Waals surface area contributed by atoms with Crippen molar-refractivity contribution in [1.82, 2.24) is 5.32 Å². The van der Waals surface area contributed by atoms with Crippen LogP contribution in [0.15, 0.2) is 88.7 Å². The zero-order chi connectivity index (χ0) is 25.1. The minimum absolute atomic E-state index is 0.118. The van der Waals surface area contributed by atoms with Gasteiger partial charge in [0.05, 0.1) is 17.2 Å². The van der Waals surface area contributed by atoms with Gasteiger partial charge in [0.25, 0.3) is 10.0 Å². The largest absolute Gasteiger partial charge is 0.492 e. The number of anilines is 1. The summed E-state index contributed by atoms with van der Waals surface area (Å²) in [5, 5.41) is 2.85. The number of carbonyl (C=O) groups excluding carboxylic acids is 1. The van der Waals surface area contributed by atoms with Crippen LogP contribution in [-0.4, -0.2) is 46.0 Å². The van der Waals surface area contributed by atoms with Gasteiger partial charge in [0.2, 0.25) is 5.91 Å². The van der Waals surface area contributed by atoms with Crippen LogP contribution in [0, 0.1) is 0 Å². The molecular formula is C26H30N2O4S3.